The van der Waals surface area contributed by atoms with Crippen LogP contribution in [0.3, 0.4) is 0 Å². The Morgan fingerprint density at radius 2 is 2.00 bits per heavy atom. The molecule has 1 N–H and O–H groups in total. The van der Waals surface area contributed by atoms with Gasteiger partial charge in [-0.3, -0.25) is 4.90 Å². The minimum absolute atomic E-state index is 0.0827. The molecular formula is C14H21NO2. The lowest BCUT2D eigenvalue weighted by Gasteiger charge is -2.31. The molecule has 3 heteroatoms. The second-order valence-electron chi connectivity index (χ2n) is 5.40. The number of rotatable bonds is 3. The number of hydrogen-bond acceptors (Lipinski definition) is 3. The Hall–Kier alpha value is -1.06. The zero-order valence-electron chi connectivity index (χ0n) is 10.8. The number of ether oxygens (including phenoxy) is 1. The molecule has 1 fully saturated rings. The number of hydrogen-bond donors (Lipinski definition) is 1. The van der Waals surface area contributed by atoms with Gasteiger partial charge in [0.1, 0.15) is 5.75 Å². The van der Waals surface area contributed by atoms with Gasteiger partial charge in [0.2, 0.25) is 0 Å². The Morgan fingerprint density at radius 3 is 2.47 bits per heavy atom. The Morgan fingerprint density at radius 1 is 1.35 bits per heavy atom. The molecule has 0 aromatic heterocycles. The van der Waals surface area contributed by atoms with Crippen LogP contribution in [0.25, 0.3) is 0 Å². The molecule has 3 nitrogen and oxygen atoms in total. The van der Waals surface area contributed by atoms with Crippen LogP contribution in [0.15, 0.2) is 24.3 Å². The van der Waals surface area contributed by atoms with Crippen LogP contribution in [0.5, 0.6) is 5.75 Å². The molecule has 0 radical (unpaired) electrons. The van der Waals surface area contributed by atoms with Crippen LogP contribution in [0, 0.1) is 0 Å². The second-order valence-corrected chi connectivity index (χ2v) is 5.40. The van der Waals surface area contributed by atoms with E-state index < -0.39 is 0 Å². The van der Waals surface area contributed by atoms with Crippen LogP contribution in [-0.4, -0.2) is 35.3 Å². The summed E-state index contributed by atoms with van der Waals surface area (Å²) in [6, 6.07) is 8.13. The van der Waals surface area contributed by atoms with Crippen molar-refractivity contribution in [2.24, 2.45) is 0 Å². The van der Waals surface area contributed by atoms with Gasteiger partial charge in [0.05, 0.1) is 13.2 Å². The van der Waals surface area contributed by atoms with Gasteiger partial charge in [0.25, 0.3) is 0 Å². The highest BCUT2D eigenvalue weighted by atomic mass is 16.5. The van der Waals surface area contributed by atoms with Crippen molar-refractivity contribution >= 4 is 0 Å². The van der Waals surface area contributed by atoms with Crippen molar-refractivity contribution in [2.75, 3.05) is 13.7 Å². The summed E-state index contributed by atoms with van der Waals surface area (Å²) >= 11 is 0. The SMILES string of the molecule is COc1ccc(CN2CC(O)CC2(C)C)cc1. The molecule has 1 aliphatic heterocycles. The van der Waals surface area contributed by atoms with Crippen LogP contribution in [0.4, 0.5) is 0 Å². The maximum absolute atomic E-state index is 9.73. The first-order chi connectivity index (χ1) is 8.01. The topological polar surface area (TPSA) is 32.7 Å². The van der Waals surface area contributed by atoms with Crippen LogP contribution in [0.2, 0.25) is 0 Å². The molecule has 0 amide bonds. The average Bonchev–Trinajstić information content (AvgIpc) is 2.53. The number of methoxy groups -OCH3 is 1. The monoisotopic (exact) mass is 235 g/mol. The predicted octanol–water partition coefficient (Wildman–Crippen LogP) is 2.04. The predicted molar refractivity (Wildman–Crippen MR) is 68.1 cm³/mol. The lowest BCUT2D eigenvalue weighted by atomic mass is 10.0. The quantitative estimate of drug-likeness (QED) is 0.870. The van der Waals surface area contributed by atoms with Gasteiger partial charge in [-0.15, -0.1) is 0 Å². The van der Waals surface area contributed by atoms with E-state index in [0.29, 0.717) is 0 Å². The van der Waals surface area contributed by atoms with Crippen LogP contribution < -0.4 is 4.74 Å². The molecule has 1 atom stereocenters. The number of nitrogens with zero attached hydrogens (tertiary/aromatic N) is 1. The van der Waals surface area contributed by atoms with Gasteiger partial charge in [0, 0.05) is 18.6 Å². The molecule has 0 aliphatic carbocycles. The van der Waals surface area contributed by atoms with Crippen molar-refractivity contribution in [1.82, 2.24) is 4.90 Å². The summed E-state index contributed by atoms with van der Waals surface area (Å²) < 4.78 is 5.14. The van der Waals surface area contributed by atoms with Crippen molar-refractivity contribution in [2.45, 2.75) is 38.5 Å². The van der Waals surface area contributed by atoms with E-state index >= 15 is 0 Å². The first-order valence-electron chi connectivity index (χ1n) is 6.07. The van der Waals surface area contributed by atoms with Gasteiger partial charge < -0.3 is 9.84 Å². The molecule has 1 unspecified atom stereocenters. The van der Waals surface area contributed by atoms with Crippen molar-refractivity contribution in [3.63, 3.8) is 0 Å². The van der Waals surface area contributed by atoms with Gasteiger partial charge >= 0.3 is 0 Å². The highest BCUT2D eigenvalue weighted by Gasteiger charge is 2.37. The highest BCUT2D eigenvalue weighted by Crippen LogP contribution is 2.30. The van der Waals surface area contributed by atoms with Gasteiger partial charge in [0.15, 0.2) is 0 Å². The van der Waals surface area contributed by atoms with E-state index in [4.69, 9.17) is 4.74 Å². The fourth-order valence-electron chi connectivity index (χ4n) is 2.50. The van der Waals surface area contributed by atoms with E-state index in [0.717, 1.165) is 25.3 Å². The van der Waals surface area contributed by atoms with Crippen molar-refractivity contribution in [1.29, 1.82) is 0 Å². The normalized spacial score (nSPS) is 23.9. The Balaban J connectivity index is 2.05. The standard InChI is InChI=1S/C14H21NO2/c1-14(2)8-12(16)10-15(14)9-11-4-6-13(17-3)7-5-11/h4-7,12,16H,8-10H2,1-3H3. The first-order valence-corrected chi connectivity index (χ1v) is 6.07. The number of β-amino-alcohol motifs (C(OH)–C–C–N with tert-alkyl or cyclic N) is 1. The molecule has 1 aliphatic rings. The van der Waals surface area contributed by atoms with Crippen molar-refractivity contribution < 1.29 is 9.84 Å². The third-order valence-corrected chi connectivity index (χ3v) is 3.55. The fourth-order valence-corrected chi connectivity index (χ4v) is 2.50. The molecular weight excluding hydrogens is 214 g/mol. The van der Waals surface area contributed by atoms with Gasteiger partial charge in [-0.05, 0) is 38.0 Å². The van der Waals surface area contributed by atoms with E-state index in [1.165, 1.54) is 5.56 Å². The van der Waals surface area contributed by atoms with Crippen LogP contribution in [0.1, 0.15) is 25.8 Å². The molecule has 0 spiro atoms. The third kappa shape index (κ3) is 2.79. The van der Waals surface area contributed by atoms with E-state index in [9.17, 15) is 5.11 Å². The minimum atomic E-state index is -0.191. The number of likely N-dealkylation sites (tertiary alicyclic amines) is 1. The molecule has 0 bridgehead atoms. The summed E-state index contributed by atoms with van der Waals surface area (Å²) in [6.07, 6.45) is 0.659. The molecule has 1 heterocycles. The minimum Gasteiger partial charge on any atom is -0.497 e. The number of aliphatic hydroxyl groups excluding tert-OH is 1. The van der Waals surface area contributed by atoms with Gasteiger partial charge in [-0.25, -0.2) is 0 Å². The number of benzene rings is 1. The van der Waals surface area contributed by atoms with E-state index in [1.807, 2.05) is 12.1 Å². The maximum atomic E-state index is 9.73. The molecule has 1 saturated heterocycles. The zero-order valence-corrected chi connectivity index (χ0v) is 10.8. The molecule has 2 rings (SSSR count). The first kappa shape index (κ1) is 12.4. The summed E-state index contributed by atoms with van der Waals surface area (Å²) in [5.74, 6) is 0.884. The van der Waals surface area contributed by atoms with E-state index in [2.05, 4.69) is 30.9 Å². The lowest BCUT2D eigenvalue weighted by molar-refractivity contribution is 0.156. The molecule has 1 aromatic carbocycles. The Labute approximate surface area is 103 Å². The summed E-state index contributed by atoms with van der Waals surface area (Å²) in [4.78, 5) is 2.33. The van der Waals surface area contributed by atoms with Crippen molar-refractivity contribution in [3.05, 3.63) is 29.8 Å². The highest BCUT2D eigenvalue weighted by molar-refractivity contribution is 5.27. The third-order valence-electron chi connectivity index (χ3n) is 3.55. The van der Waals surface area contributed by atoms with Crippen molar-refractivity contribution in [3.8, 4) is 5.75 Å². The molecule has 17 heavy (non-hydrogen) atoms. The Bertz CT molecular complexity index is 372. The maximum Gasteiger partial charge on any atom is 0.118 e. The van der Waals surface area contributed by atoms with Gasteiger partial charge in [-0.2, -0.15) is 0 Å². The summed E-state index contributed by atoms with van der Waals surface area (Å²) in [6.45, 7) is 6.02. The zero-order chi connectivity index (χ0) is 12.5. The summed E-state index contributed by atoms with van der Waals surface area (Å²) in [5.41, 5.74) is 1.34. The second kappa shape index (κ2) is 4.67. The van der Waals surface area contributed by atoms with E-state index in [1.54, 1.807) is 7.11 Å². The van der Waals surface area contributed by atoms with E-state index in [-0.39, 0.29) is 11.6 Å². The van der Waals surface area contributed by atoms with Crippen LogP contribution >= 0.6 is 0 Å². The Kier molecular flexibility index (Phi) is 3.40. The molecule has 94 valence electrons. The summed E-state index contributed by atoms with van der Waals surface area (Å²) in [7, 11) is 1.68. The molecule has 0 saturated carbocycles. The fraction of sp³-hybridized carbons (Fsp3) is 0.571. The average molecular weight is 235 g/mol. The molecule has 1 aromatic rings. The number of aliphatic hydroxyl groups is 1. The van der Waals surface area contributed by atoms with Gasteiger partial charge in [-0.1, -0.05) is 12.1 Å². The summed E-state index contributed by atoms with van der Waals surface area (Å²) in [5, 5.41) is 9.73. The smallest absolute Gasteiger partial charge is 0.118 e. The van der Waals surface area contributed by atoms with Crippen LogP contribution in [-0.2, 0) is 6.54 Å². The lowest BCUT2D eigenvalue weighted by Crippen LogP contribution is -2.37. The largest absolute Gasteiger partial charge is 0.497 e.